The van der Waals surface area contributed by atoms with Crippen LogP contribution in [0.2, 0.25) is 0 Å². The lowest BCUT2D eigenvalue weighted by molar-refractivity contribution is 0.331. The number of aryl methyl sites for hydroxylation is 1. The molecule has 1 aromatic heterocycles. The van der Waals surface area contributed by atoms with Gasteiger partial charge in [0.1, 0.15) is 0 Å². The normalized spacial score (nSPS) is 13.1. The van der Waals surface area contributed by atoms with Crippen molar-refractivity contribution in [3.63, 3.8) is 0 Å². The second-order valence-corrected chi connectivity index (χ2v) is 4.47. The first kappa shape index (κ1) is 13.8. The monoisotopic (exact) mass is 234 g/mol. The standard InChI is InChI=1S/C15H22O2/c1-13(5-3-7-14(2)11-16)6-4-8-15-9-10-17-12-15/h6-7,9-10,12,16H,3-5,8,11H2,1-2H3. The second-order valence-electron chi connectivity index (χ2n) is 4.47. The second kappa shape index (κ2) is 7.91. The highest BCUT2D eigenvalue weighted by Gasteiger charge is 1.94. The fourth-order valence-corrected chi connectivity index (χ4v) is 1.63. The average Bonchev–Trinajstić information content (AvgIpc) is 2.82. The first-order valence-electron chi connectivity index (χ1n) is 6.15. The van der Waals surface area contributed by atoms with Gasteiger partial charge in [-0.1, -0.05) is 23.3 Å². The molecule has 0 unspecified atom stereocenters. The molecule has 0 fully saturated rings. The molecule has 0 spiro atoms. The third-order valence-electron chi connectivity index (χ3n) is 2.79. The van der Waals surface area contributed by atoms with Crippen LogP contribution in [0.4, 0.5) is 0 Å². The number of hydrogen-bond acceptors (Lipinski definition) is 2. The fourth-order valence-electron chi connectivity index (χ4n) is 1.63. The number of aliphatic hydroxyl groups excluding tert-OH is 1. The summed E-state index contributed by atoms with van der Waals surface area (Å²) in [6.07, 6.45) is 12.1. The Kier molecular flexibility index (Phi) is 6.41. The summed E-state index contributed by atoms with van der Waals surface area (Å²) in [6, 6.07) is 2.01. The quantitative estimate of drug-likeness (QED) is 0.726. The van der Waals surface area contributed by atoms with Gasteiger partial charge in [0.2, 0.25) is 0 Å². The van der Waals surface area contributed by atoms with Crippen molar-refractivity contribution in [3.8, 4) is 0 Å². The molecule has 2 nitrogen and oxygen atoms in total. The number of rotatable bonds is 7. The summed E-state index contributed by atoms with van der Waals surface area (Å²) >= 11 is 0. The molecule has 0 aromatic carbocycles. The summed E-state index contributed by atoms with van der Waals surface area (Å²) in [5.74, 6) is 0. The number of aliphatic hydroxyl groups is 1. The molecule has 1 N–H and O–H groups in total. The summed E-state index contributed by atoms with van der Waals surface area (Å²) in [4.78, 5) is 0. The van der Waals surface area contributed by atoms with Crippen LogP contribution in [0.5, 0.6) is 0 Å². The first-order valence-corrected chi connectivity index (χ1v) is 6.15. The van der Waals surface area contributed by atoms with Crippen molar-refractivity contribution in [3.05, 3.63) is 47.5 Å². The Balaban J connectivity index is 2.21. The molecular formula is C15H22O2. The molecular weight excluding hydrogens is 212 g/mol. The smallest absolute Gasteiger partial charge is 0.0934 e. The van der Waals surface area contributed by atoms with E-state index in [9.17, 15) is 0 Å². The number of furan rings is 1. The predicted octanol–water partition coefficient (Wildman–Crippen LogP) is 3.88. The average molecular weight is 234 g/mol. The minimum absolute atomic E-state index is 0.170. The molecule has 17 heavy (non-hydrogen) atoms. The molecule has 0 atom stereocenters. The maximum Gasteiger partial charge on any atom is 0.0934 e. The SMILES string of the molecule is CC(=CCCC(C)=CCCc1ccoc1)CO. The van der Waals surface area contributed by atoms with Gasteiger partial charge in [0, 0.05) is 0 Å². The van der Waals surface area contributed by atoms with Crippen LogP contribution in [0.1, 0.15) is 38.7 Å². The third-order valence-corrected chi connectivity index (χ3v) is 2.79. The van der Waals surface area contributed by atoms with Gasteiger partial charge in [-0.05, 0) is 51.2 Å². The van der Waals surface area contributed by atoms with Crippen molar-refractivity contribution in [1.29, 1.82) is 0 Å². The van der Waals surface area contributed by atoms with E-state index in [1.165, 1.54) is 11.1 Å². The largest absolute Gasteiger partial charge is 0.472 e. The van der Waals surface area contributed by atoms with Gasteiger partial charge in [-0.2, -0.15) is 0 Å². The molecule has 1 rings (SSSR count). The molecule has 94 valence electrons. The lowest BCUT2D eigenvalue weighted by Gasteiger charge is -1.99. The highest BCUT2D eigenvalue weighted by atomic mass is 16.3. The Morgan fingerprint density at radius 2 is 2.00 bits per heavy atom. The summed E-state index contributed by atoms with van der Waals surface area (Å²) in [5.41, 5.74) is 3.72. The maximum atomic E-state index is 8.86. The zero-order valence-corrected chi connectivity index (χ0v) is 10.8. The Labute approximate surface area is 104 Å². The Hall–Kier alpha value is -1.28. The summed E-state index contributed by atoms with van der Waals surface area (Å²) < 4.78 is 5.02. The molecule has 0 aliphatic heterocycles. The predicted molar refractivity (Wildman–Crippen MR) is 70.9 cm³/mol. The fraction of sp³-hybridized carbons (Fsp3) is 0.467. The van der Waals surface area contributed by atoms with Gasteiger partial charge in [0.05, 0.1) is 19.1 Å². The molecule has 0 saturated heterocycles. The summed E-state index contributed by atoms with van der Waals surface area (Å²) in [7, 11) is 0. The maximum absolute atomic E-state index is 8.86. The lowest BCUT2D eigenvalue weighted by atomic mass is 10.1. The van der Waals surface area contributed by atoms with Gasteiger partial charge in [0.25, 0.3) is 0 Å². The van der Waals surface area contributed by atoms with Gasteiger partial charge < -0.3 is 9.52 Å². The zero-order valence-electron chi connectivity index (χ0n) is 10.8. The molecule has 1 aromatic rings. The van der Waals surface area contributed by atoms with Gasteiger partial charge >= 0.3 is 0 Å². The van der Waals surface area contributed by atoms with E-state index >= 15 is 0 Å². The topological polar surface area (TPSA) is 33.4 Å². The van der Waals surface area contributed by atoms with Crippen LogP contribution in [-0.4, -0.2) is 11.7 Å². The van der Waals surface area contributed by atoms with Crippen LogP contribution >= 0.6 is 0 Å². The highest BCUT2D eigenvalue weighted by Crippen LogP contribution is 2.10. The van der Waals surface area contributed by atoms with Gasteiger partial charge in [-0.25, -0.2) is 0 Å². The van der Waals surface area contributed by atoms with Crippen molar-refractivity contribution in [2.75, 3.05) is 6.61 Å². The van der Waals surface area contributed by atoms with Crippen LogP contribution in [0.3, 0.4) is 0 Å². The van der Waals surface area contributed by atoms with E-state index < -0.39 is 0 Å². The molecule has 0 aliphatic rings. The third kappa shape index (κ3) is 6.12. The van der Waals surface area contributed by atoms with E-state index in [-0.39, 0.29) is 6.61 Å². The summed E-state index contributed by atoms with van der Waals surface area (Å²) in [5, 5.41) is 8.86. The van der Waals surface area contributed by atoms with Crippen molar-refractivity contribution in [2.24, 2.45) is 0 Å². The highest BCUT2D eigenvalue weighted by molar-refractivity contribution is 5.08. The van der Waals surface area contributed by atoms with E-state index in [1.807, 2.05) is 13.0 Å². The summed E-state index contributed by atoms with van der Waals surface area (Å²) in [6.45, 7) is 4.29. The van der Waals surface area contributed by atoms with Crippen LogP contribution in [-0.2, 0) is 6.42 Å². The molecule has 0 amide bonds. The van der Waals surface area contributed by atoms with Crippen LogP contribution in [0, 0.1) is 0 Å². The molecule has 1 heterocycles. The molecule has 2 heteroatoms. The van der Waals surface area contributed by atoms with Crippen molar-refractivity contribution >= 4 is 0 Å². The zero-order chi connectivity index (χ0) is 12.5. The first-order chi connectivity index (χ1) is 8.22. The number of allylic oxidation sites excluding steroid dienone is 3. The van der Waals surface area contributed by atoms with E-state index in [1.54, 1.807) is 12.5 Å². The van der Waals surface area contributed by atoms with E-state index in [2.05, 4.69) is 19.1 Å². The van der Waals surface area contributed by atoms with Crippen LogP contribution in [0.15, 0.2) is 46.3 Å². The van der Waals surface area contributed by atoms with Gasteiger partial charge in [0.15, 0.2) is 0 Å². The minimum atomic E-state index is 0.170. The molecule has 0 aliphatic carbocycles. The Morgan fingerprint density at radius 1 is 1.24 bits per heavy atom. The molecule has 0 radical (unpaired) electrons. The minimum Gasteiger partial charge on any atom is -0.472 e. The van der Waals surface area contributed by atoms with Crippen molar-refractivity contribution < 1.29 is 9.52 Å². The van der Waals surface area contributed by atoms with E-state index in [0.29, 0.717) is 0 Å². The lowest BCUT2D eigenvalue weighted by Crippen LogP contribution is -1.85. The Morgan fingerprint density at radius 3 is 2.65 bits per heavy atom. The van der Waals surface area contributed by atoms with Gasteiger partial charge in [-0.3, -0.25) is 0 Å². The Bertz CT molecular complexity index is 358. The van der Waals surface area contributed by atoms with E-state index in [4.69, 9.17) is 9.52 Å². The van der Waals surface area contributed by atoms with E-state index in [0.717, 1.165) is 31.3 Å². The molecule has 0 saturated carbocycles. The van der Waals surface area contributed by atoms with Crippen molar-refractivity contribution in [1.82, 2.24) is 0 Å². The molecule has 0 bridgehead atoms. The van der Waals surface area contributed by atoms with Crippen LogP contribution < -0.4 is 0 Å². The van der Waals surface area contributed by atoms with Crippen LogP contribution in [0.25, 0.3) is 0 Å². The van der Waals surface area contributed by atoms with Crippen molar-refractivity contribution in [2.45, 2.75) is 39.5 Å². The number of hydrogen-bond donors (Lipinski definition) is 1. The van der Waals surface area contributed by atoms with Gasteiger partial charge in [-0.15, -0.1) is 0 Å².